The van der Waals surface area contributed by atoms with E-state index in [0.717, 1.165) is 12.8 Å². The summed E-state index contributed by atoms with van der Waals surface area (Å²) in [5, 5.41) is 0. The Morgan fingerprint density at radius 3 is 2.95 bits per heavy atom. The molecule has 3 rings (SSSR count). The summed E-state index contributed by atoms with van der Waals surface area (Å²) < 4.78 is 11.8. The molecule has 22 heavy (non-hydrogen) atoms. The standard InChI is InChI=1S/C17H20N2O3/c1-12-8-9-13-6-4-5-7-14(13)17(12,2)19-11-18-10-15(19)22-16(20)21-3/h4-7,10-12H,8-9H2,1-3H3. The van der Waals surface area contributed by atoms with E-state index in [0.29, 0.717) is 11.8 Å². The van der Waals surface area contributed by atoms with E-state index in [-0.39, 0.29) is 5.54 Å². The molecule has 0 fully saturated rings. The molecule has 1 aliphatic rings. The third-order valence-electron chi connectivity index (χ3n) is 4.83. The van der Waals surface area contributed by atoms with Crippen LogP contribution in [0.5, 0.6) is 5.88 Å². The Balaban J connectivity index is 2.10. The predicted molar refractivity (Wildman–Crippen MR) is 81.9 cm³/mol. The number of benzene rings is 1. The lowest BCUT2D eigenvalue weighted by Gasteiger charge is -2.42. The van der Waals surface area contributed by atoms with Crippen molar-refractivity contribution in [3.63, 3.8) is 0 Å². The number of aryl methyl sites for hydroxylation is 1. The summed E-state index contributed by atoms with van der Waals surface area (Å²) in [7, 11) is 1.29. The van der Waals surface area contributed by atoms with Gasteiger partial charge < -0.3 is 9.47 Å². The zero-order chi connectivity index (χ0) is 15.7. The Labute approximate surface area is 129 Å². The SMILES string of the molecule is COC(=O)Oc1cncn1C1(C)c2ccccc2CCC1C. The molecule has 5 heteroatoms. The maximum absolute atomic E-state index is 11.5. The second-order valence-corrected chi connectivity index (χ2v) is 5.90. The van der Waals surface area contributed by atoms with E-state index in [1.165, 1.54) is 18.2 Å². The molecule has 1 aromatic heterocycles. The molecule has 0 saturated carbocycles. The van der Waals surface area contributed by atoms with Gasteiger partial charge in [0.2, 0.25) is 5.88 Å². The molecule has 5 nitrogen and oxygen atoms in total. The first-order valence-electron chi connectivity index (χ1n) is 7.44. The first-order chi connectivity index (χ1) is 10.6. The number of hydrogen-bond donors (Lipinski definition) is 0. The summed E-state index contributed by atoms with van der Waals surface area (Å²) in [6.07, 6.45) is 4.67. The molecule has 0 saturated heterocycles. The predicted octanol–water partition coefficient (Wildman–Crippen LogP) is 3.37. The van der Waals surface area contributed by atoms with Gasteiger partial charge in [0.25, 0.3) is 0 Å². The summed E-state index contributed by atoms with van der Waals surface area (Å²) in [4.78, 5) is 15.6. The van der Waals surface area contributed by atoms with Crippen molar-refractivity contribution in [1.29, 1.82) is 0 Å². The van der Waals surface area contributed by atoms with E-state index in [9.17, 15) is 4.79 Å². The maximum atomic E-state index is 11.5. The molecule has 0 bridgehead atoms. The Kier molecular flexibility index (Phi) is 3.64. The summed E-state index contributed by atoms with van der Waals surface area (Å²) in [6.45, 7) is 4.39. The largest absolute Gasteiger partial charge is 0.514 e. The van der Waals surface area contributed by atoms with Crippen molar-refractivity contribution >= 4 is 6.16 Å². The van der Waals surface area contributed by atoms with Gasteiger partial charge in [-0.25, -0.2) is 9.78 Å². The van der Waals surface area contributed by atoms with Crippen molar-refractivity contribution in [1.82, 2.24) is 9.55 Å². The molecular formula is C17H20N2O3. The van der Waals surface area contributed by atoms with Crippen molar-refractivity contribution in [2.75, 3.05) is 7.11 Å². The lowest BCUT2D eigenvalue weighted by Crippen LogP contribution is -2.42. The van der Waals surface area contributed by atoms with E-state index < -0.39 is 6.16 Å². The third-order valence-corrected chi connectivity index (χ3v) is 4.83. The normalized spacial score (nSPS) is 23.7. The van der Waals surface area contributed by atoms with Gasteiger partial charge in [0, 0.05) is 0 Å². The second-order valence-electron chi connectivity index (χ2n) is 5.90. The molecule has 0 radical (unpaired) electrons. The van der Waals surface area contributed by atoms with Gasteiger partial charge in [0.05, 0.1) is 25.2 Å². The Morgan fingerprint density at radius 2 is 2.18 bits per heavy atom. The molecule has 0 amide bonds. The zero-order valence-corrected chi connectivity index (χ0v) is 13.1. The fourth-order valence-electron chi connectivity index (χ4n) is 3.35. The van der Waals surface area contributed by atoms with Crippen molar-refractivity contribution in [3.05, 3.63) is 47.9 Å². The fraction of sp³-hybridized carbons (Fsp3) is 0.412. The van der Waals surface area contributed by atoms with Crippen molar-refractivity contribution in [2.45, 2.75) is 32.2 Å². The third kappa shape index (κ3) is 2.17. The van der Waals surface area contributed by atoms with Crippen LogP contribution in [0.1, 0.15) is 31.4 Å². The number of carbonyl (C=O) groups is 1. The van der Waals surface area contributed by atoms with Crippen LogP contribution in [0.4, 0.5) is 4.79 Å². The first kappa shape index (κ1) is 14.6. The van der Waals surface area contributed by atoms with E-state index in [4.69, 9.17) is 4.74 Å². The van der Waals surface area contributed by atoms with Gasteiger partial charge in [0.1, 0.15) is 0 Å². The van der Waals surface area contributed by atoms with Gasteiger partial charge in [0.15, 0.2) is 0 Å². The van der Waals surface area contributed by atoms with E-state index >= 15 is 0 Å². The lowest BCUT2D eigenvalue weighted by molar-refractivity contribution is 0.112. The smallest absolute Gasteiger partial charge is 0.437 e. The van der Waals surface area contributed by atoms with Gasteiger partial charge in [-0.15, -0.1) is 0 Å². The molecular weight excluding hydrogens is 280 g/mol. The highest BCUT2D eigenvalue weighted by Gasteiger charge is 2.41. The van der Waals surface area contributed by atoms with Crippen LogP contribution in [-0.2, 0) is 16.7 Å². The molecule has 0 spiro atoms. The number of ether oxygens (including phenoxy) is 2. The molecule has 2 unspecified atom stereocenters. The monoisotopic (exact) mass is 300 g/mol. The molecule has 1 aromatic carbocycles. The number of rotatable bonds is 2. The lowest BCUT2D eigenvalue weighted by atomic mass is 9.71. The van der Waals surface area contributed by atoms with E-state index in [1.807, 2.05) is 10.6 Å². The molecule has 1 heterocycles. The quantitative estimate of drug-likeness (QED) is 0.798. The van der Waals surface area contributed by atoms with Crippen molar-refractivity contribution in [2.24, 2.45) is 5.92 Å². The molecule has 0 N–H and O–H groups in total. The molecule has 0 aliphatic heterocycles. The van der Waals surface area contributed by atoms with Gasteiger partial charge in [-0.3, -0.25) is 4.57 Å². The van der Waals surface area contributed by atoms with Gasteiger partial charge in [-0.2, -0.15) is 0 Å². The number of carbonyl (C=O) groups excluding carboxylic acids is 1. The van der Waals surface area contributed by atoms with Gasteiger partial charge in [-0.1, -0.05) is 31.2 Å². The summed E-state index contributed by atoms with van der Waals surface area (Å²) in [6, 6.07) is 8.42. The van der Waals surface area contributed by atoms with E-state index in [2.05, 4.69) is 41.8 Å². The highest BCUT2D eigenvalue weighted by molar-refractivity contribution is 5.62. The Hall–Kier alpha value is -2.30. The highest BCUT2D eigenvalue weighted by atomic mass is 16.7. The summed E-state index contributed by atoms with van der Waals surface area (Å²) >= 11 is 0. The number of hydrogen-bond acceptors (Lipinski definition) is 4. The Morgan fingerprint density at radius 1 is 1.41 bits per heavy atom. The number of fused-ring (bicyclic) bond motifs is 1. The first-order valence-corrected chi connectivity index (χ1v) is 7.44. The van der Waals surface area contributed by atoms with Gasteiger partial charge in [-0.05, 0) is 36.8 Å². The average molecular weight is 300 g/mol. The second kappa shape index (κ2) is 5.48. The molecule has 116 valence electrons. The van der Waals surface area contributed by atoms with E-state index in [1.54, 1.807) is 12.5 Å². The maximum Gasteiger partial charge on any atom is 0.514 e. The van der Waals surface area contributed by atoms with Crippen LogP contribution in [0, 0.1) is 5.92 Å². The molecule has 2 aromatic rings. The number of imidazole rings is 1. The number of methoxy groups -OCH3 is 1. The zero-order valence-electron chi connectivity index (χ0n) is 13.1. The van der Waals surface area contributed by atoms with Crippen LogP contribution in [0.3, 0.4) is 0 Å². The number of aromatic nitrogens is 2. The Bertz CT molecular complexity index is 695. The topological polar surface area (TPSA) is 53.4 Å². The minimum atomic E-state index is -0.734. The van der Waals surface area contributed by atoms with Crippen molar-refractivity contribution < 1.29 is 14.3 Å². The van der Waals surface area contributed by atoms with Crippen LogP contribution in [0.25, 0.3) is 0 Å². The highest BCUT2D eigenvalue weighted by Crippen LogP contribution is 2.44. The van der Waals surface area contributed by atoms with Crippen LogP contribution >= 0.6 is 0 Å². The summed E-state index contributed by atoms with van der Waals surface area (Å²) in [5.74, 6) is 0.787. The van der Waals surface area contributed by atoms with Gasteiger partial charge >= 0.3 is 6.16 Å². The van der Waals surface area contributed by atoms with Crippen LogP contribution in [0.2, 0.25) is 0 Å². The number of nitrogens with zero attached hydrogens (tertiary/aromatic N) is 2. The molecule has 2 atom stereocenters. The van der Waals surface area contributed by atoms with Crippen LogP contribution < -0.4 is 4.74 Å². The van der Waals surface area contributed by atoms with Crippen LogP contribution in [0.15, 0.2) is 36.8 Å². The fourth-order valence-corrected chi connectivity index (χ4v) is 3.35. The molecule has 1 aliphatic carbocycles. The minimum Gasteiger partial charge on any atom is -0.437 e. The van der Waals surface area contributed by atoms with Crippen LogP contribution in [-0.4, -0.2) is 22.8 Å². The average Bonchev–Trinajstić information content (AvgIpc) is 2.99. The van der Waals surface area contributed by atoms with Crippen molar-refractivity contribution in [3.8, 4) is 5.88 Å². The minimum absolute atomic E-state index is 0.311. The summed E-state index contributed by atoms with van der Waals surface area (Å²) in [5.41, 5.74) is 2.27.